The minimum absolute atomic E-state index is 0.654. The predicted octanol–water partition coefficient (Wildman–Crippen LogP) is 9.36. The van der Waals surface area contributed by atoms with Gasteiger partial charge in [0, 0.05) is 16.7 Å². The highest BCUT2D eigenvalue weighted by Gasteiger charge is 2.13. The maximum atomic E-state index is 4.97. The third-order valence-corrected chi connectivity index (χ3v) is 7.14. The molecule has 40 heavy (non-hydrogen) atoms. The number of rotatable bonds is 5. The third kappa shape index (κ3) is 4.65. The van der Waals surface area contributed by atoms with E-state index in [4.69, 9.17) is 15.0 Å². The summed E-state index contributed by atoms with van der Waals surface area (Å²) >= 11 is 0. The minimum atomic E-state index is 0.654. The molecule has 0 N–H and O–H groups in total. The van der Waals surface area contributed by atoms with Crippen LogP contribution in [-0.2, 0) is 0 Å². The summed E-state index contributed by atoms with van der Waals surface area (Å²) in [4.78, 5) is 14.8. The van der Waals surface area contributed by atoms with Crippen LogP contribution in [0.15, 0.2) is 152 Å². The highest BCUT2D eigenvalue weighted by Crippen LogP contribution is 2.32. The number of nitrogens with zero attached hydrogens (tertiary/aromatic N) is 3. The fraction of sp³-hybridized carbons (Fsp3) is 0. The van der Waals surface area contributed by atoms with Gasteiger partial charge < -0.3 is 0 Å². The van der Waals surface area contributed by atoms with Crippen LogP contribution < -0.4 is 0 Å². The molecule has 0 atom stereocenters. The Balaban J connectivity index is 1.34. The van der Waals surface area contributed by atoms with E-state index in [1.165, 1.54) is 22.1 Å². The number of fused-ring (bicyclic) bond motifs is 1. The first-order valence-corrected chi connectivity index (χ1v) is 13.4. The van der Waals surface area contributed by atoms with Crippen molar-refractivity contribution in [2.75, 3.05) is 0 Å². The summed E-state index contributed by atoms with van der Waals surface area (Å²) in [6.07, 6.45) is 0. The van der Waals surface area contributed by atoms with Crippen LogP contribution in [0.2, 0.25) is 0 Å². The molecule has 0 amide bonds. The number of hydrogen-bond acceptors (Lipinski definition) is 3. The largest absolute Gasteiger partial charge is 0.208 e. The van der Waals surface area contributed by atoms with E-state index in [0.717, 1.165) is 27.6 Å². The van der Waals surface area contributed by atoms with Crippen LogP contribution in [0.3, 0.4) is 0 Å². The van der Waals surface area contributed by atoms with Crippen molar-refractivity contribution >= 4 is 10.8 Å². The summed E-state index contributed by atoms with van der Waals surface area (Å²) in [5.41, 5.74) is 7.62. The van der Waals surface area contributed by atoms with Gasteiger partial charge in [-0.15, -0.1) is 0 Å². The monoisotopic (exact) mass is 511 g/mol. The van der Waals surface area contributed by atoms with Gasteiger partial charge >= 0.3 is 0 Å². The van der Waals surface area contributed by atoms with Gasteiger partial charge in [-0.3, -0.25) is 0 Å². The molecule has 3 nitrogen and oxygen atoms in total. The SMILES string of the molecule is c1ccc(-c2ccc(-c3nc(-c4ccccc4)nc(-c4ccc5c(-c6ccccc6)cccc5c4)n3)cc2)cc1. The first kappa shape index (κ1) is 23.7. The smallest absolute Gasteiger partial charge is 0.164 e. The van der Waals surface area contributed by atoms with Crippen LogP contribution in [0.5, 0.6) is 0 Å². The molecule has 1 aromatic heterocycles. The van der Waals surface area contributed by atoms with Gasteiger partial charge in [0.05, 0.1) is 0 Å². The van der Waals surface area contributed by atoms with Crippen LogP contribution >= 0.6 is 0 Å². The van der Waals surface area contributed by atoms with Crippen LogP contribution in [0.4, 0.5) is 0 Å². The molecule has 7 rings (SSSR count). The van der Waals surface area contributed by atoms with Crippen molar-refractivity contribution in [2.45, 2.75) is 0 Å². The molecule has 6 aromatic carbocycles. The van der Waals surface area contributed by atoms with Crippen LogP contribution in [-0.4, -0.2) is 15.0 Å². The Morgan fingerprint density at radius 1 is 0.300 bits per heavy atom. The molecule has 1 heterocycles. The van der Waals surface area contributed by atoms with Crippen molar-refractivity contribution in [3.8, 4) is 56.4 Å². The second-order valence-corrected chi connectivity index (χ2v) is 9.72. The Kier molecular flexibility index (Phi) is 6.15. The molecule has 0 unspecified atom stereocenters. The van der Waals surface area contributed by atoms with Crippen molar-refractivity contribution in [1.82, 2.24) is 15.0 Å². The van der Waals surface area contributed by atoms with E-state index in [-0.39, 0.29) is 0 Å². The Bertz CT molecular complexity index is 1920. The summed E-state index contributed by atoms with van der Waals surface area (Å²) in [5, 5.41) is 2.35. The van der Waals surface area contributed by atoms with Crippen molar-refractivity contribution in [1.29, 1.82) is 0 Å². The maximum Gasteiger partial charge on any atom is 0.164 e. The lowest BCUT2D eigenvalue weighted by Crippen LogP contribution is -2.00. The molecule has 0 saturated heterocycles. The highest BCUT2D eigenvalue weighted by atomic mass is 15.0. The molecule has 0 spiro atoms. The zero-order chi connectivity index (χ0) is 26.7. The molecule has 0 aliphatic heterocycles. The molecule has 0 saturated carbocycles. The van der Waals surface area contributed by atoms with E-state index in [1.54, 1.807) is 0 Å². The lowest BCUT2D eigenvalue weighted by molar-refractivity contribution is 1.07. The predicted molar refractivity (Wildman–Crippen MR) is 165 cm³/mol. The standard InChI is InChI=1S/C37H25N3/c1-4-11-26(12-5-1)27-19-21-30(22-20-27)36-38-35(29-15-8-3-9-16-29)39-37(40-36)32-23-24-34-31(25-32)17-10-18-33(34)28-13-6-2-7-14-28/h1-25H. The van der Waals surface area contributed by atoms with E-state index in [0.29, 0.717) is 17.5 Å². The molecule has 0 aliphatic rings. The fourth-order valence-electron chi connectivity index (χ4n) is 5.09. The second-order valence-electron chi connectivity index (χ2n) is 9.72. The quantitative estimate of drug-likeness (QED) is 0.231. The van der Waals surface area contributed by atoms with Crippen molar-refractivity contribution in [3.05, 3.63) is 152 Å². The molecule has 188 valence electrons. The normalized spacial score (nSPS) is 11.0. The zero-order valence-corrected chi connectivity index (χ0v) is 21.8. The topological polar surface area (TPSA) is 38.7 Å². The number of hydrogen-bond donors (Lipinski definition) is 0. The molecule has 0 fully saturated rings. The van der Waals surface area contributed by atoms with Gasteiger partial charge in [-0.1, -0.05) is 146 Å². The van der Waals surface area contributed by atoms with Gasteiger partial charge in [0.1, 0.15) is 0 Å². The molecular formula is C37H25N3. The van der Waals surface area contributed by atoms with Gasteiger partial charge in [0.25, 0.3) is 0 Å². The summed E-state index contributed by atoms with van der Waals surface area (Å²) < 4.78 is 0. The van der Waals surface area contributed by atoms with Gasteiger partial charge in [-0.05, 0) is 39.1 Å². The Morgan fingerprint density at radius 3 is 1.38 bits per heavy atom. The lowest BCUT2D eigenvalue weighted by atomic mass is 9.97. The van der Waals surface area contributed by atoms with Crippen molar-refractivity contribution in [2.24, 2.45) is 0 Å². The van der Waals surface area contributed by atoms with E-state index in [2.05, 4.69) is 109 Å². The molecule has 0 bridgehead atoms. The molecule has 7 aromatic rings. The second kappa shape index (κ2) is 10.4. The van der Waals surface area contributed by atoms with E-state index >= 15 is 0 Å². The van der Waals surface area contributed by atoms with Crippen LogP contribution in [0.25, 0.3) is 67.2 Å². The summed E-state index contributed by atoms with van der Waals surface area (Å²) in [6.45, 7) is 0. The van der Waals surface area contributed by atoms with E-state index in [1.807, 2.05) is 42.5 Å². The van der Waals surface area contributed by atoms with Gasteiger partial charge in [-0.2, -0.15) is 0 Å². The van der Waals surface area contributed by atoms with Gasteiger partial charge in [0.2, 0.25) is 0 Å². The summed E-state index contributed by atoms with van der Waals surface area (Å²) in [5.74, 6) is 1.97. The van der Waals surface area contributed by atoms with Crippen LogP contribution in [0, 0.1) is 0 Å². The van der Waals surface area contributed by atoms with Crippen molar-refractivity contribution < 1.29 is 0 Å². The highest BCUT2D eigenvalue weighted by molar-refractivity contribution is 5.98. The average Bonchev–Trinajstić information content (AvgIpc) is 3.05. The first-order valence-electron chi connectivity index (χ1n) is 13.4. The van der Waals surface area contributed by atoms with E-state index < -0.39 is 0 Å². The molecule has 0 aliphatic carbocycles. The third-order valence-electron chi connectivity index (χ3n) is 7.14. The number of benzene rings is 6. The number of aromatic nitrogens is 3. The Morgan fingerprint density at radius 2 is 0.750 bits per heavy atom. The first-order chi connectivity index (χ1) is 19.8. The maximum absolute atomic E-state index is 4.97. The molecule has 0 radical (unpaired) electrons. The molecular weight excluding hydrogens is 486 g/mol. The summed E-state index contributed by atoms with van der Waals surface area (Å²) in [6, 6.07) is 52.3. The van der Waals surface area contributed by atoms with E-state index in [9.17, 15) is 0 Å². The van der Waals surface area contributed by atoms with Crippen LogP contribution in [0.1, 0.15) is 0 Å². The Labute approximate surface area is 233 Å². The minimum Gasteiger partial charge on any atom is -0.208 e. The van der Waals surface area contributed by atoms with Crippen molar-refractivity contribution in [3.63, 3.8) is 0 Å². The summed E-state index contributed by atoms with van der Waals surface area (Å²) in [7, 11) is 0. The lowest BCUT2D eigenvalue weighted by Gasteiger charge is -2.11. The van der Waals surface area contributed by atoms with Gasteiger partial charge in [0.15, 0.2) is 17.5 Å². The fourth-order valence-corrected chi connectivity index (χ4v) is 5.09. The average molecular weight is 512 g/mol. The Hall–Kier alpha value is -5.41. The zero-order valence-electron chi connectivity index (χ0n) is 21.8. The molecule has 3 heteroatoms. The van der Waals surface area contributed by atoms with Gasteiger partial charge in [-0.25, -0.2) is 15.0 Å².